The van der Waals surface area contributed by atoms with Crippen LogP contribution in [0.3, 0.4) is 0 Å². The molecule has 1 aliphatic carbocycles. The Bertz CT molecular complexity index is 440. The van der Waals surface area contributed by atoms with E-state index < -0.39 is 0 Å². The standard InChI is InChI=1S/C15H25N3OS/c1-11(2)7-9-18(14-4-5-14)15(19)16-8-6-13-10-20-12(3)17-13/h10-11,14H,4-9H2,1-3H3,(H,16,19). The first-order chi connectivity index (χ1) is 9.56. The van der Waals surface area contributed by atoms with Crippen molar-refractivity contribution in [3.8, 4) is 0 Å². The lowest BCUT2D eigenvalue weighted by molar-refractivity contribution is 0.191. The lowest BCUT2D eigenvalue weighted by atomic mass is 10.1. The molecule has 4 nitrogen and oxygen atoms in total. The van der Waals surface area contributed by atoms with Gasteiger partial charge in [0, 0.05) is 30.9 Å². The largest absolute Gasteiger partial charge is 0.338 e. The number of rotatable bonds is 7. The predicted octanol–water partition coefficient (Wildman–Crippen LogP) is 3.21. The fraction of sp³-hybridized carbons (Fsp3) is 0.733. The number of amides is 2. The van der Waals surface area contributed by atoms with Gasteiger partial charge < -0.3 is 10.2 Å². The van der Waals surface area contributed by atoms with Crippen LogP contribution in [-0.4, -0.2) is 35.0 Å². The number of nitrogens with zero attached hydrogens (tertiary/aromatic N) is 2. The fourth-order valence-corrected chi connectivity index (χ4v) is 2.80. The summed E-state index contributed by atoms with van der Waals surface area (Å²) >= 11 is 1.66. The van der Waals surface area contributed by atoms with Crippen molar-refractivity contribution in [2.24, 2.45) is 5.92 Å². The van der Waals surface area contributed by atoms with Crippen molar-refractivity contribution in [2.75, 3.05) is 13.1 Å². The zero-order valence-corrected chi connectivity index (χ0v) is 13.5. The highest BCUT2D eigenvalue weighted by Crippen LogP contribution is 2.27. The molecule has 0 saturated heterocycles. The molecule has 5 heteroatoms. The van der Waals surface area contributed by atoms with Crippen LogP contribution >= 0.6 is 11.3 Å². The van der Waals surface area contributed by atoms with Gasteiger partial charge >= 0.3 is 6.03 Å². The molecule has 0 radical (unpaired) electrons. The Morgan fingerprint density at radius 1 is 1.55 bits per heavy atom. The lowest BCUT2D eigenvalue weighted by Crippen LogP contribution is -2.42. The molecule has 0 aromatic carbocycles. The van der Waals surface area contributed by atoms with E-state index in [2.05, 4.69) is 29.5 Å². The van der Waals surface area contributed by atoms with Gasteiger partial charge in [0.15, 0.2) is 0 Å². The Morgan fingerprint density at radius 2 is 2.30 bits per heavy atom. The summed E-state index contributed by atoms with van der Waals surface area (Å²) in [6.07, 6.45) is 4.22. The van der Waals surface area contributed by atoms with Gasteiger partial charge in [-0.05, 0) is 32.1 Å². The number of carbonyl (C=O) groups excluding carboxylic acids is 1. The van der Waals surface area contributed by atoms with Crippen molar-refractivity contribution in [2.45, 2.75) is 52.5 Å². The summed E-state index contributed by atoms with van der Waals surface area (Å²) in [5.74, 6) is 0.641. The van der Waals surface area contributed by atoms with E-state index in [9.17, 15) is 4.79 Å². The van der Waals surface area contributed by atoms with Gasteiger partial charge in [-0.25, -0.2) is 9.78 Å². The van der Waals surface area contributed by atoms with Crippen LogP contribution in [0.4, 0.5) is 4.79 Å². The van der Waals surface area contributed by atoms with E-state index >= 15 is 0 Å². The first-order valence-corrected chi connectivity index (χ1v) is 8.39. The molecule has 1 aliphatic rings. The number of aromatic nitrogens is 1. The fourth-order valence-electron chi connectivity index (χ4n) is 2.16. The topological polar surface area (TPSA) is 45.2 Å². The molecular weight excluding hydrogens is 270 g/mol. The summed E-state index contributed by atoms with van der Waals surface area (Å²) in [7, 11) is 0. The molecular formula is C15H25N3OS. The summed E-state index contributed by atoms with van der Waals surface area (Å²) in [5, 5.41) is 6.19. The Labute approximate surface area is 125 Å². The molecule has 2 rings (SSSR count). The van der Waals surface area contributed by atoms with Gasteiger partial charge in [0.05, 0.1) is 10.7 Å². The summed E-state index contributed by atoms with van der Waals surface area (Å²) in [6.45, 7) is 7.96. The molecule has 112 valence electrons. The molecule has 1 aromatic heterocycles. The Hall–Kier alpha value is -1.10. The lowest BCUT2D eigenvalue weighted by Gasteiger charge is -2.23. The van der Waals surface area contributed by atoms with Gasteiger partial charge in [-0.1, -0.05) is 13.8 Å². The van der Waals surface area contributed by atoms with Crippen LogP contribution < -0.4 is 5.32 Å². The molecule has 0 spiro atoms. The molecule has 0 bridgehead atoms. The van der Waals surface area contributed by atoms with Gasteiger partial charge in [0.25, 0.3) is 0 Å². The maximum atomic E-state index is 12.2. The minimum absolute atomic E-state index is 0.0973. The van der Waals surface area contributed by atoms with E-state index in [-0.39, 0.29) is 6.03 Å². The second-order valence-electron chi connectivity index (χ2n) is 5.95. The molecule has 2 amide bonds. The number of carbonyl (C=O) groups is 1. The minimum Gasteiger partial charge on any atom is -0.338 e. The van der Waals surface area contributed by atoms with Gasteiger partial charge in [-0.15, -0.1) is 11.3 Å². The van der Waals surface area contributed by atoms with Gasteiger partial charge in [0.1, 0.15) is 0 Å². The number of thiazole rings is 1. The second-order valence-corrected chi connectivity index (χ2v) is 7.01. The van der Waals surface area contributed by atoms with Crippen LogP contribution in [0.5, 0.6) is 0 Å². The monoisotopic (exact) mass is 295 g/mol. The van der Waals surface area contributed by atoms with Crippen molar-refractivity contribution in [1.29, 1.82) is 0 Å². The normalized spacial score (nSPS) is 14.6. The zero-order valence-electron chi connectivity index (χ0n) is 12.7. The third-order valence-electron chi connectivity index (χ3n) is 3.52. The highest BCUT2D eigenvalue weighted by Gasteiger charge is 2.32. The number of hydrogen-bond acceptors (Lipinski definition) is 3. The van der Waals surface area contributed by atoms with Crippen LogP contribution in [-0.2, 0) is 6.42 Å². The molecule has 1 aromatic rings. The summed E-state index contributed by atoms with van der Waals surface area (Å²) in [6, 6.07) is 0.579. The maximum absolute atomic E-state index is 12.2. The third kappa shape index (κ3) is 4.78. The first kappa shape index (κ1) is 15.3. The molecule has 0 unspecified atom stereocenters. The van der Waals surface area contributed by atoms with E-state index in [1.807, 2.05) is 11.8 Å². The molecule has 0 atom stereocenters. The highest BCUT2D eigenvalue weighted by molar-refractivity contribution is 7.09. The number of hydrogen-bond donors (Lipinski definition) is 1. The van der Waals surface area contributed by atoms with Gasteiger partial charge in [-0.2, -0.15) is 0 Å². The molecule has 1 fully saturated rings. The van der Waals surface area contributed by atoms with E-state index in [1.165, 1.54) is 0 Å². The van der Waals surface area contributed by atoms with Crippen molar-refractivity contribution >= 4 is 17.4 Å². The average molecular weight is 295 g/mol. The summed E-state index contributed by atoms with van der Waals surface area (Å²) < 4.78 is 0. The molecule has 20 heavy (non-hydrogen) atoms. The SMILES string of the molecule is Cc1nc(CCNC(=O)N(CCC(C)C)C2CC2)cs1. The van der Waals surface area contributed by atoms with E-state index in [0.717, 1.165) is 42.9 Å². The van der Waals surface area contributed by atoms with Crippen LogP contribution in [0.25, 0.3) is 0 Å². The molecule has 1 N–H and O–H groups in total. The zero-order chi connectivity index (χ0) is 14.5. The summed E-state index contributed by atoms with van der Waals surface area (Å²) in [4.78, 5) is 18.7. The van der Waals surface area contributed by atoms with Crippen LogP contribution in [0, 0.1) is 12.8 Å². The Balaban J connectivity index is 1.73. The van der Waals surface area contributed by atoms with Crippen molar-refractivity contribution in [1.82, 2.24) is 15.2 Å². The predicted molar refractivity (Wildman–Crippen MR) is 83.1 cm³/mol. The minimum atomic E-state index is 0.0973. The average Bonchev–Trinajstić information content (AvgIpc) is 3.13. The number of urea groups is 1. The van der Waals surface area contributed by atoms with Gasteiger partial charge in [-0.3, -0.25) is 0 Å². The van der Waals surface area contributed by atoms with Gasteiger partial charge in [0.2, 0.25) is 0 Å². The highest BCUT2D eigenvalue weighted by atomic mass is 32.1. The van der Waals surface area contributed by atoms with E-state index in [1.54, 1.807) is 11.3 Å². The molecule has 1 saturated carbocycles. The van der Waals surface area contributed by atoms with Crippen LogP contribution in [0.1, 0.15) is 43.8 Å². The Kier molecular flexibility index (Phi) is 5.40. The maximum Gasteiger partial charge on any atom is 0.317 e. The number of nitrogens with one attached hydrogen (secondary N) is 1. The summed E-state index contributed by atoms with van der Waals surface area (Å²) in [5.41, 5.74) is 1.08. The third-order valence-corrected chi connectivity index (χ3v) is 4.34. The van der Waals surface area contributed by atoms with Crippen LogP contribution in [0.2, 0.25) is 0 Å². The quantitative estimate of drug-likeness (QED) is 0.839. The van der Waals surface area contributed by atoms with Crippen molar-refractivity contribution in [3.05, 3.63) is 16.1 Å². The molecule has 1 heterocycles. The Morgan fingerprint density at radius 3 is 2.85 bits per heavy atom. The van der Waals surface area contributed by atoms with Crippen molar-refractivity contribution in [3.63, 3.8) is 0 Å². The second kappa shape index (κ2) is 7.07. The number of aryl methyl sites for hydroxylation is 1. The molecule has 0 aliphatic heterocycles. The van der Waals surface area contributed by atoms with E-state index in [0.29, 0.717) is 18.5 Å². The first-order valence-electron chi connectivity index (χ1n) is 7.51. The van der Waals surface area contributed by atoms with Crippen LogP contribution in [0.15, 0.2) is 5.38 Å². The van der Waals surface area contributed by atoms with E-state index in [4.69, 9.17) is 0 Å². The smallest absolute Gasteiger partial charge is 0.317 e. The van der Waals surface area contributed by atoms with Crippen molar-refractivity contribution < 1.29 is 4.79 Å².